The first-order valence-electron chi connectivity index (χ1n) is 9.01. The highest BCUT2D eigenvalue weighted by atomic mass is 19.1. The number of fused-ring (bicyclic) bond motifs is 1. The number of para-hydroxylation sites is 2. The fraction of sp³-hybridized carbons (Fsp3) is 0.381. The van der Waals surface area contributed by atoms with E-state index >= 15 is 0 Å². The molecular formula is C21H24FNO3. The van der Waals surface area contributed by atoms with Crippen LogP contribution in [0.25, 0.3) is 0 Å². The van der Waals surface area contributed by atoms with Crippen molar-refractivity contribution in [3.8, 4) is 11.5 Å². The van der Waals surface area contributed by atoms with Crippen molar-refractivity contribution in [1.29, 1.82) is 0 Å². The predicted molar refractivity (Wildman–Crippen MR) is 97.8 cm³/mol. The fourth-order valence-electron chi connectivity index (χ4n) is 3.37. The number of benzene rings is 2. The summed E-state index contributed by atoms with van der Waals surface area (Å²) in [4.78, 5) is 12.4. The number of hydrogen-bond donors (Lipinski definition) is 1. The number of rotatable bonds is 6. The summed E-state index contributed by atoms with van der Waals surface area (Å²) in [5.74, 6) is 0.123. The smallest absolute Gasteiger partial charge is 0.258 e. The van der Waals surface area contributed by atoms with E-state index in [2.05, 4.69) is 19.2 Å². The normalized spacial score (nSPS) is 17.7. The van der Waals surface area contributed by atoms with Crippen molar-refractivity contribution in [3.63, 3.8) is 0 Å². The van der Waals surface area contributed by atoms with Gasteiger partial charge in [-0.1, -0.05) is 44.2 Å². The molecule has 1 amide bonds. The number of carbonyl (C=O) groups is 1. The van der Waals surface area contributed by atoms with Crippen LogP contribution in [0.2, 0.25) is 0 Å². The number of hydrogen-bond acceptors (Lipinski definition) is 3. The van der Waals surface area contributed by atoms with E-state index in [1.165, 1.54) is 12.1 Å². The second kappa shape index (κ2) is 7.77. The zero-order valence-corrected chi connectivity index (χ0v) is 15.1. The molecule has 0 aliphatic carbocycles. The predicted octanol–water partition coefficient (Wildman–Crippen LogP) is 4.40. The summed E-state index contributed by atoms with van der Waals surface area (Å²) in [5, 5.41) is 3.02. The van der Waals surface area contributed by atoms with E-state index in [-0.39, 0.29) is 29.9 Å². The van der Waals surface area contributed by atoms with Crippen molar-refractivity contribution >= 4 is 5.91 Å². The summed E-state index contributed by atoms with van der Waals surface area (Å²) in [6.45, 7) is 3.96. The molecule has 0 radical (unpaired) electrons. The van der Waals surface area contributed by atoms with E-state index in [1.54, 1.807) is 12.1 Å². The first kappa shape index (κ1) is 18.2. The molecular weight excluding hydrogens is 333 g/mol. The lowest BCUT2D eigenvalue weighted by Gasteiger charge is -2.41. The van der Waals surface area contributed by atoms with Gasteiger partial charge in [-0.25, -0.2) is 4.39 Å². The molecule has 5 heteroatoms. The average molecular weight is 357 g/mol. The van der Waals surface area contributed by atoms with Crippen LogP contribution >= 0.6 is 0 Å². The van der Waals surface area contributed by atoms with Crippen molar-refractivity contribution < 1.29 is 18.7 Å². The molecule has 0 fully saturated rings. The Labute approximate surface area is 153 Å². The fourth-order valence-corrected chi connectivity index (χ4v) is 3.37. The Morgan fingerprint density at radius 1 is 1.19 bits per heavy atom. The SMILES string of the molecule is CCC1(CC)C[C@@H](NC(=O)COc2ccccc2F)c2ccccc2O1. The van der Waals surface area contributed by atoms with Crippen molar-refractivity contribution in [1.82, 2.24) is 5.32 Å². The van der Waals surface area contributed by atoms with Crippen LogP contribution in [0, 0.1) is 5.82 Å². The highest BCUT2D eigenvalue weighted by Gasteiger charge is 2.38. The Morgan fingerprint density at radius 2 is 1.88 bits per heavy atom. The van der Waals surface area contributed by atoms with Gasteiger partial charge >= 0.3 is 0 Å². The summed E-state index contributed by atoms with van der Waals surface area (Å²) < 4.78 is 25.2. The molecule has 3 rings (SSSR count). The van der Waals surface area contributed by atoms with Crippen LogP contribution in [0.3, 0.4) is 0 Å². The van der Waals surface area contributed by atoms with E-state index in [9.17, 15) is 9.18 Å². The van der Waals surface area contributed by atoms with Gasteiger partial charge in [-0.05, 0) is 31.0 Å². The largest absolute Gasteiger partial charge is 0.487 e. The van der Waals surface area contributed by atoms with Gasteiger partial charge in [0.15, 0.2) is 18.2 Å². The molecule has 1 atom stereocenters. The second-order valence-corrected chi connectivity index (χ2v) is 6.57. The van der Waals surface area contributed by atoms with Gasteiger partial charge in [0, 0.05) is 12.0 Å². The van der Waals surface area contributed by atoms with Crippen LogP contribution in [-0.2, 0) is 4.79 Å². The molecule has 0 bridgehead atoms. The lowest BCUT2D eigenvalue weighted by molar-refractivity contribution is -0.124. The Kier molecular flexibility index (Phi) is 5.45. The minimum Gasteiger partial charge on any atom is -0.487 e. The molecule has 2 aromatic rings. The first-order valence-corrected chi connectivity index (χ1v) is 9.01. The van der Waals surface area contributed by atoms with Gasteiger partial charge in [0.05, 0.1) is 6.04 Å². The first-order chi connectivity index (χ1) is 12.6. The number of carbonyl (C=O) groups excluding carboxylic acids is 1. The van der Waals surface area contributed by atoms with Gasteiger partial charge in [0.25, 0.3) is 5.91 Å². The molecule has 138 valence electrons. The van der Waals surface area contributed by atoms with E-state index in [4.69, 9.17) is 9.47 Å². The van der Waals surface area contributed by atoms with Gasteiger partial charge in [-0.2, -0.15) is 0 Å². The van der Waals surface area contributed by atoms with Gasteiger partial charge in [0.1, 0.15) is 11.4 Å². The lowest BCUT2D eigenvalue weighted by Crippen LogP contribution is -2.45. The molecule has 1 N–H and O–H groups in total. The molecule has 0 saturated carbocycles. The maximum Gasteiger partial charge on any atom is 0.258 e. The zero-order chi connectivity index (χ0) is 18.6. The summed E-state index contributed by atoms with van der Waals surface area (Å²) in [6.07, 6.45) is 2.41. The molecule has 0 aromatic heterocycles. The average Bonchev–Trinajstić information content (AvgIpc) is 2.67. The highest BCUT2D eigenvalue weighted by Crippen LogP contribution is 2.42. The third-order valence-electron chi connectivity index (χ3n) is 5.02. The topological polar surface area (TPSA) is 47.6 Å². The van der Waals surface area contributed by atoms with E-state index in [0.29, 0.717) is 6.42 Å². The van der Waals surface area contributed by atoms with Crippen molar-refractivity contribution in [2.75, 3.05) is 6.61 Å². The summed E-state index contributed by atoms with van der Waals surface area (Å²) in [7, 11) is 0. The number of nitrogens with one attached hydrogen (secondary N) is 1. The molecule has 0 spiro atoms. The zero-order valence-electron chi connectivity index (χ0n) is 15.1. The molecule has 0 unspecified atom stereocenters. The molecule has 1 heterocycles. The molecule has 4 nitrogen and oxygen atoms in total. The summed E-state index contributed by atoms with van der Waals surface area (Å²) in [6, 6.07) is 13.7. The molecule has 2 aromatic carbocycles. The molecule has 0 saturated heterocycles. The van der Waals surface area contributed by atoms with E-state index in [1.807, 2.05) is 24.3 Å². The Hall–Kier alpha value is -2.56. The van der Waals surface area contributed by atoms with Crippen molar-refractivity contribution in [3.05, 3.63) is 59.9 Å². The molecule has 26 heavy (non-hydrogen) atoms. The quantitative estimate of drug-likeness (QED) is 0.833. The maximum atomic E-state index is 13.6. The third-order valence-corrected chi connectivity index (χ3v) is 5.02. The second-order valence-electron chi connectivity index (χ2n) is 6.57. The molecule has 1 aliphatic heterocycles. The summed E-state index contributed by atoms with van der Waals surface area (Å²) in [5.41, 5.74) is 0.669. The van der Waals surface area contributed by atoms with E-state index in [0.717, 1.165) is 24.2 Å². The van der Waals surface area contributed by atoms with Crippen LogP contribution in [0.15, 0.2) is 48.5 Å². The minimum atomic E-state index is -0.479. The Bertz CT molecular complexity index is 773. The Morgan fingerprint density at radius 3 is 2.62 bits per heavy atom. The Balaban J connectivity index is 1.71. The van der Waals surface area contributed by atoms with Crippen LogP contribution < -0.4 is 14.8 Å². The minimum absolute atomic E-state index is 0.0755. The number of halogens is 1. The van der Waals surface area contributed by atoms with E-state index < -0.39 is 5.82 Å². The van der Waals surface area contributed by atoms with Crippen LogP contribution in [0.5, 0.6) is 11.5 Å². The van der Waals surface area contributed by atoms with Crippen molar-refractivity contribution in [2.45, 2.75) is 44.8 Å². The number of ether oxygens (including phenoxy) is 2. The van der Waals surface area contributed by atoms with Crippen LogP contribution in [-0.4, -0.2) is 18.1 Å². The van der Waals surface area contributed by atoms with Gasteiger partial charge in [-0.3, -0.25) is 4.79 Å². The third kappa shape index (κ3) is 3.82. The van der Waals surface area contributed by atoms with Gasteiger partial charge < -0.3 is 14.8 Å². The highest BCUT2D eigenvalue weighted by molar-refractivity contribution is 5.78. The standard InChI is InChI=1S/C21H24FNO3/c1-3-21(4-2)13-17(15-9-5-7-11-18(15)26-21)23-20(24)14-25-19-12-8-6-10-16(19)22/h5-12,17H,3-4,13-14H2,1-2H3,(H,23,24)/t17-/m1/s1. The van der Waals surface area contributed by atoms with Crippen molar-refractivity contribution in [2.24, 2.45) is 0 Å². The van der Waals surface area contributed by atoms with Crippen LogP contribution in [0.4, 0.5) is 4.39 Å². The van der Waals surface area contributed by atoms with Gasteiger partial charge in [0.2, 0.25) is 0 Å². The molecule has 1 aliphatic rings. The monoisotopic (exact) mass is 357 g/mol. The van der Waals surface area contributed by atoms with Crippen LogP contribution in [0.1, 0.15) is 44.7 Å². The lowest BCUT2D eigenvalue weighted by atomic mass is 9.83. The summed E-state index contributed by atoms with van der Waals surface area (Å²) >= 11 is 0. The van der Waals surface area contributed by atoms with Gasteiger partial charge in [-0.15, -0.1) is 0 Å². The number of amides is 1. The maximum absolute atomic E-state index is 13.6.